The molecule has 0 radical (unpaired) electrons. The van der Waals surface area contributed by atoms with Crippen LogP contribution in [0.1, 0.15) is 5.01 Å². The van der Waals surface area contributed by atoms with Crippen LogP contribution in [0.15, 0.2) is 36.5 Å². The highest BCUT2D eigenvalue weighted by Crippen LogP contribution is 2.24. The van der Waals surface area contributed by atoms with Crippen molar-refractivity contribution in [2.45, 2.75) is 6.54 Å². The number of hydrogen-bond acceptors (Lipinski definition) is 7. The van der Waals surface area contributed by atoms with Gasteiger partial charge in [-0.25, -0.2) is 15.0 Å². The zero-order valence-corrected chi connectivity index (χ0v) is 14.4. The fourth-order valence-electron chi connectivity index (χ4n) is 2.89. The number of nitrogens with zero attached hydrogens (tertiary/aromatic N) is 5. The van der Waals surface area contributed by atoms with Crippen molar-refractivity contribution in [3.63, 3.8) is 0 Å². The normalized spacial score (nSPS) is 15.8. The Kier molecular flexibility index (Phi) is 4.27. The molecule has 4 heterocycles. The van der Waals surface area contributed by atoms with Gasteiger partial charge in [-0.1, -0.05) is 17.4 Å². The molecule has 0 atom stereocenters. The van der Waals surface area contributed by atoms with Crippen LogP contribution in [-0.2, 0) is 6.54 Å². The van der Waals surface area contributed by atoms with Gasteiger partial charge >= 0.3 is 0 Å². The van der Waals surface area contributed by atoms with Crippen LogP contribution in [0.5, 0.6) is 5.88 Å². The first-order valence-electron chi connectivity index (χ1n) is 8.00. The molecular formula is C17H19N5OS. The second-order valence-corrected chi connectivity index (χ2v) is 6.80. The predicted octanol–water partition coefficient (Wildman–Crippen LogP) is 2.42. The van der Waals surface area contributed by atoms with Crippen molar-refractivity contribution in [3.05, 3.63) is 41.5 Å². The van der Waals surface area contributed by atoms with Crippen LogP contribution in [-0.4, -0.2) is 53.1 Å². The number of anilines is 1. The summed E-state index contributed by atoms with van der Waals surface area (Å²) in [5.74, 6) is 1.70. The summed E-state index contributed by atoms with van der Waals surface area (Å²) in [6, 6.07) is 9.90. The van der Waals surface area contributed by atoms with Gasteiger partial charge in [0, 0.05) is 38.4 Å². The molecule has 0 unspecified atom stereocenters. The molecule has 3 aromatic rings. The maximum Gasteiger partial charge on any atom is 0.214 e. The molecule has 124 valence electrons. The van der Waals surface area contributed by atoms with E-state index in [9.17, 15) is 0 Å². The van der Waals surface area contributed by atoms with Gasteiger partial charge in [0.2, 0.25) is 5.88 Å². The third-order valence-corrected chi connectivity index (χ3v) is 5.14. The summed E-state index contributed by atoms with van der Waals surface area (Å²) >= 11 is 1.65. The van der Waals surface area contributed by atoms with E-state index in [1.54, 1.807) is 18.4 Å². The summed E-state index contributed by atoms with van der Waals surface area (Å²) in [6.45, 7) is 4.90. The fourth-order valence-corrected chi connectivity index (χ4v) is 3.86. The van der Waals surface area contributed by atoms with Crippen molar-refractivity contribution in [1.82, 2.24) is 19.9 Å². The number of thiazole rings is 1. The standard InChI is InChI=1S/C17H19N5OS/c1-23-15-6-5-13-17(20-15)24-16(19-13)12-21-8-10-22(11-9-21)14-4-2-3-7-18-14/h2-7H,8-12H2,1H3. The molecule has 1 aliphatic rings. The number of aromatic nitrogens is 3. The Balaban J connectivity index is 1.40. The number of piperazine rings is 1. The summed E-state index contributed by atoms with van der Waals surface area (Å²) in [5, 5.41) is 1.11. The zero-order chi connectivity index (χ0) is 16.4. The van der Waals surface area contributed by atoms with Gasteiger partial charge < -0.3 is 9.64 Å². The van der Waals surface area contributed by atoms with Crippen molar-refractivity contribution in [3.8, 4) is 5.88 Å². The second kappa shape index (κ2) is 6.70. The molecule has 0 saturated carbocycles. The molecule has 1 saturated heterocycles. The van der Waals surface area contributed by atoms with Crippen molar-refractivity contribution in [2.75, 3.05) is 38.2 Å². The van der Waals surface area contributed by atoms with Crippen LogP contribution in [0.2, 0.25) is 0 Å². The largest absolute Gasteiger partial charge is 0.481 e. The molecule has 0 aliphatic carbocycles. The van der Waals surface area contributed by atoms with Crippen LogP contribution in [0, 0.1) is 0 Å². The van der Waals surface area contributed by atoms with E-state index in [0.29, 0.717) is 5.88 Å². The van der Waals surface area contributed by atoms with Crippen LogP contribution >= 0.6 is 11.3 Å². The van der Waals surface area contributed by atoms with E-state index in [2.05, 4.69) is 25.8 Å². The molecule has 0 bridgehead atoms. The first-order chi connectivity index (χ1) is 11.8. The van der Waals surface area contributed by atoms with E-state index in [1.807, 2.05) is 30.5 Å². The molecule has 0 amide bonds. The minimum absolute atomic E-state index is 0.640. The number of hydrogen-bond donors (Lipinski definition) is 0. The number of fused-ring (bicyclic) bond motifs is 1. The lowest BCUT2D eigenvalue weighted by Gasteiger charge is -2.34. The average molecular weight is 341 g/mol. The van der Waals surface area contributed by atoms with Crippen LogP contribution < -0.4 is 9.64 Å². The number of rotatable bonds is 4. The molecule has 0 N–H and O–H groups in total. The van der Waals surface area contributed by atoms with Gasteiger partial charge in [-0.05, 0) is 18.2 Å². The molecule has 0 aromatic carbocycles. The minimum atomic E-state index is 0.640. The molecule has 1 fully saturated rings. The summed E-state index contributed by atoms with van der Waals surface area (Å²) in [7, 11) is 1.64. The maximum atomic E-state index is 5.18. The van der Waals surface area contributed by atoms with E-state index >= 15 is 0 Å². The lowest BCUT2D eigenvalue weighted by atomic mass is 10.3. The van der Waals surface area contributed by atoms with Gasteiger partial charge in [0.05, 0.1) is 13.7 Å². The Labute approximate surface area is 144 Å². The highest BCUT2D eigenvalue weighted by molar-refractivity contribution is 7.18. The van der Waals surface area contributed by atoms with Gasteiger partial charge in [0.25, 0.3) is 0 Å². The third-order valence-electron chi connectivity index (χ3n) is 4.19. The molecule has 0 spiro atoms. The van der Waals surface area contributed by atoms with Crippen LogP contribution in [0.25, 0.3) is 10.3 Å². The molecule has 4 rings (SSSR count). The van der Waals surface area contributed by atoms with Gasteiger partial charge in [-0.2, -0.15) is 0 Å². The zero-order valence-electron chi connectivity index (χ0n) is 13.6. The monoisotopic (exact) mass is 341 g/mol. The van der Waals surface area contributed by atoms with Crippen molar-refractivity contribution >= 4 is 27.5 Å². The molecule has 6 nitrogen and oxygen atoms in total. The van der Waals surface area contributed by atoms with Crippen LogP contribution in [0.3, 0.4) is 0 Å². The Hall–Kier alpha value is -2.25. The number of ether oxygens (including phenoxy) is 1. The Morgan fingerprint density at radius 1 is 1.08 bits per heavy atom. The second-order valence-electron chi connectivity index (χ2n) is 5.74. The molecule has 24 heavy (non-hydrogen) atoms. The van der Waals surface area contributed by atoms with Crippen molar-refractivity contribution < 1.29 is 4.74 Å². The highest BCUT2D eigenvalue weighted by Gasteiger charge is 2.19. The lowest BCUT2D eigenvalue weighted by molar-refractivity contribution is 0.249. The molecule has 3 aromatic heterocycles. The Morgan fingerprint density at radius 2 is 1.96 bits per heavy atom. The van der Waals surface area contributed by atoms with E-state index in [-0.39, 0.29) is 0 Å². The number of methoxy groups -OCH3 is 1. The lowest BCUT2D eigenvalue weighted by Crippen LogP contribution is -2.46. The first-order valence-corrected chi connectivity index (χ1v) is 8.82. The molecular weight excluding hydrogens is 322 g/mol. The topological polar surface area (TPSA) is 54.4 Å². The Morgan fingerprint density at radius 3 is 2.71 bits per heavy atom. The van der Waals surface area contributed by atoms with E-state index < -0.39 is 0 Å². The van der Waals surface area contributed by atoms with Gasteiger partial charge in [0.1, 0.15) is 21.2 Å². The van der Waals surface area contributed by atoms with E-state index in [0.717, 1.165) is 53.9 Å². The SMILES string of the molecule is COc1ccc2nc(CN3CCN(c4ccccn4)CC3)sc2n1. The smallest absolute Gasteiger partial charge is 0.214 e. The quantitative estimate of drug-likeness (QED) is 0.726. The number of pyridine rings is 2. The fraction of sp³-hybridized carbons (Fsp3) is 0.353. The van der Waals surface area contributed by atoms with Crippen molar-refractivity contribution in [1.29, 1.82) is 0 Å². The third kappa shape index (κ3) is 3.18. The minimum Gasteiger partial charge on any atom is -0.481 e. The summed E-state index contributed by atoms with van der Waals surface area (Å²) in [5.41, 5.74) is 0.947. The van der Waals surface area contributed by atoms with E-state index in [1.165, 1.54) is 0 Å². The summed E-state index contributed by atoms with van der Waals surface area (Å²) in [6.07, 6.45) is 1.85. The average Bonchev–Trinajstić information content (AvgIpc) is 3.04. The molecule has 7 heteroatoms. The predicted molar refractivity (Wildman–Crippen MR) is 95.7 cm³/mol. The van der Waals surface area contributed by atoms with E-state index in [4.69, 9.17) is 9.72 Å². The maximum absolute atomic E-state index is 5.18. The summed E-state index contributed by atoms with van der Waals surface area (Å²) in [4.78, 5) is 19.3. The summed E-state index contributed by atoms with van der Waals surface area (Å²) < 4.78 is 5.18. The first kappa shape index (κ1) is 15.3. The Bertz CT molecular complexity index is 814. The van der Waals surface area contributed by atoms with Gasteiger partial charge in [-0.15, -0.1) is 0 Å². The van der Waals surface area contributed by atoms with Crippen LogP contribution in [0.4, 0.5) is 5.82 Å². The van der Waals surface area contributed by atoms with Gasteiger partial charge in [0.15, 0.2) is 0 Å². The molecule has 1 aliphatic heterocycles. The van der Waals surface area contributed by atoms with Crippen molar-refractivity contribution in [2.24, 2.45) is 0 Å². The highest BCUT2D eigenvalue weighted by atomic mass is 32.1. The van der Waals surface area contributed by atoms with Gasteiger partial charge in [-0.3, -0.25) is 4.90 Å².